The largest absolute Gasteiger partial charge is 0.219 e. The lowest BCUT2D eigenvalue weighted by molar-refractivity contribution is 0.928. The van der Waals surface area contributed by atoms with Crippen LogP contribution in [-0.4, -0.2) is 59.8 Å². The molecule has 8 aromatic carbocycles. The standard InChI is InChI=1S/2C35H30N6/c1-21-15-32(20-33(16-21)35-40-24(4)37-25(5)41-35)30-13-7-11-28(18-30)26-9-6-10-27(17-26)29-12-8-14-31(19-29)34-38-22(2)36-23(3)39-34;1-21-15-16-32(35-40-24(4)37-25(5)41-35)20-33(21)30-13-7-11-28(18-30)26-9-6-10-27(17-26)29-12-8-14-31(19-29)34-38-22(2)36-23(3)39-34/h2*6-20H,1-5H3. The maximum Gasteiger partial charge on any atom is 0.163 e. The predicted octanol–water partition coefficient (Wildman–Crippen LogP) is 15.9. The Morgan fingerprint density at radius 1 is 0.183 bits per heavy atom. The molecule has 0 spiro atoms. The van der Waals surface area contributed by atoms with Crippen molar-refractivity contribution in [2.45, 2.75) is 69.2 Å². The summed E-state index contributed by atoms with van der Waals surface area (Å²) in [6, 6.07) is 64.2. The van der Waals surface area contributed by atoms with Crippen molar-refractivity contribution < 1.29 is 0 Å². The first-order chi connectivity index (χ1) is 39.6. The lowest BCUT2D eigenvalue weighted by atomic mass is 9.93. The molecular weight excluding hydrogens is 1010 g/mol. The third-order valence-corrected chi connectivity index (χ3v) is 13.9. The summed E-state index contributed by atoms with van der Waals surface area (Å²) >= 11 is 0. The third kappa shape index (κ3) is 12.5. The quantitative estimate of drug-likeness (QED) is 0.128. The molecule has 12 nitrogen and oxygen atoms in total. The van der Waals surface area contributed by atoms with E-state index in [0.29, 0.717) is 23.3 Å². The van der Waals surface area contributed by atoms with Crippen molar-refractivity contribution in [1.29, 1.82) is 0 Å². The monoisotopic (exact) mass is 1070 g/mol. The molecule has 0 radical (unpaired) electrons. The summed E-state index contributed by atoms with van der Waals surface area (Å²) in [7, 11) is 0. The Morgan fingerprint density at radius 2 is 0.415 bits per heavy atom. The van der Waals surface area contributed by atoms with Crippen LogP contribution in [0.15, 0.2) is 182 Å². The van der Waals surface area contributed by atoms with Crippen molar-refractivity contribution in [2.75, 3.05) is 0 Å². The third-order valence-electron chi connectivity index (χ3n) is 13.9. The van der Waals surface area contributed by atoms with Crippen molar-refractivity contribution in [3.05, 3.63) is 240 Å². The molecule has 12 aromatic rings. The number of benzene rings is 8. The van der Waals surface area contributed by atoms with Crippen LogP contribution in [0.3, 0.4) is 0 Å². The van der Waals surface area contributed by atoms with Gasteiger partial charge < -0.3 is 0 Å². The van der Waals surface area contributed by atoms with Crippen molar-refractivity contribution >= 4 is 0 Å². The van der Waals surface area contributed by atoms with E-state index in [2.05, 4.69) is 244 Å². The molecule has 0 aliphatic carbocycles. The first-order valence-corrected chi connectivity index (χ1v) is 27.3. The summed E-state index contributed by atoms with van der Waals surface area (Å²) in [6.07, 6.45) is 0. The average Bonchev–Trinajstić information content (AvgIpc) is 3.67. The van der Waals surface area contributed by atoms with Gasteiger partial charge in [-0.05, 0) is 202 Å². The van der Waals surface area contributed by atoms with E-state index in [1.165, 1.54) is 5.56 Å². The molecular formula is C70H60N12. The fraction of sp³-hybridized carbons (Fsp3) is 0.143. The van der Waals surface area contributed by atoms with Gasteiger partial charge in [-0.3, -0.25) is 0 Å². The van der Waals surface area contributed by atoms with Crippen LogP contribution in [0.25, 0.3) is 112 Å². The minimum absolute atomic E-state index is 0.695. The van der Waals surface area contributed by atoms with Gasteiger partial charge in [0.15, 0.2) is 23.3 Å². The van der Waals surface area contributed by atoms with E-state index >= 15 is 0 Å². The summed E-state index contributed by atoms with van der Waals surface area (Å²) in [6.45, 7) is 19.4. The summed E-state index contributed by atoms with van der Waals surface area (Å²) in [5.41, 5.74) is 20.0. The molecule has 4 aromatic heterocycles. The molecule has 0 fully saturated rings. The summed E-state index contributed by atoms with van der Waals surface area (Å²) in [5, 5.41) is 0. The Labute approximate surface area is 478 Å². The van der Waals surface area contributed by atoms with Gasteiger partial charge in [0.25, 0.3) is 0 Å². The molecule has 0 atom stereocenters. The number of hydrogen-bond donors (Lipinski definition) is 0. The molecule has 0 amide bonds. The van der Waals surface area contributed by atoms with Crippen LogP contribution in [0.5, 0.6) is 0 Å². The van der Waals surface area contributed by atoms with Gasteiger partial charge in [-0.2, -0.15) is 0 Å². The molecule has 0 unspecified atom stereocenters. The van der Waals surface area contributed by atoms with Gasteiger partial charge in [-0.1, -0.05) is 127 Å². The minimum Gasteiger partial charge on any atom is -0.219 e. The van der Waals surface area contributed by atoms with Gasteiger partial charge in [-0.25, -0.2) is 59.8 Å². The fourth-order valence-corrected chi connectivity index (χ4v) is 10.3. The van der Waals surface area contributed by atoms with E-state index in [1.807, 2.05) is 67.5 Å². The normalized spacial score (nSPS) is 11.0. The molecule has 82 heavy (non-hydrogen) atoms. The SMILES string of the molecule is Cc1cc(-c2cccc(-c3cccc(-c4cccc(-c5nc(C)nc(C)n5)c4)c3)c2)cc(-c2nc(C)nc(C)n2)c1.Cc1nc(C)nc(-c2cccc(-c3cccc(-c4cccc(-c5cc(-c6nc(C)nc(C)n6)ccc5C)c4)c3)c2)n1. The Morgan fingerprint density at radius 3 is 0.756 bits per heavy atom. The number of aromatic nitrogens is 12. The summed E-state index contributed by atoms with van der Waals surface area (Å²) < 4.78 is 0. The van der Waals surface area contributed by atoms with Gasteiger partial charge in [0.05, 0.1) is 0 Å². The van der Waals surface area contributed by atoms with E-state index in [9.17, 15) is 0 Å². The van der Waals surface area contributed by atoms with Crippen molar-refractivity contribution in [1.82, 2.24) is 59.8 Å². The van der Waals surface area contributed by atoms with Crippen LogP contribution in [0.1, 0.15) is 57.7 Å². The van der Waals surface area contributed by atoms with E-state index < -0.39 is 0 Å². The molecule has 0 N–H and O–H groups in total. The average molecular weight is 1070 g/mol. The lowest BCUT2D eigenvalue weighted by Gasteiger charge is -2.12. The summed E-state index contributed by atoms with van der Waals surface area (Å²) in [5.74, 6) is 8.57. The van der Waals surface area contributed by atoms with E-state index in [-0.39, 0.29) is 0 Å². The van der Waals surface area contributed by atoms with Gasteiger partial charge in [-0.15, -0.1) is 0 Å². The molecule has 12 rings (SSSR count). The van der Waals surface area contributed by atoms with Crippen LogP contribution in [0.4, 0.5) is 0 Å². The predicted molar refractivity (Wildman–Crippen MR) is 328 cm³/mol. The van der Waals surface area contributed by atoms with Gasteiger partial charge in [0.1, 0.15) is 46.6 Å². The topological polar surface area (TPSA) is 155 Å². The number of rotatable bonds is 10. The van der Waals surface area contributed by atoms with Crippen LogP contribution >= 0.6 is 0 Å². The highest BCUT2D eigenvalue weighted by Crippen LogP contribution is 2.36. The van der Waals surface area contributed by atoms with Crippen LogP contribution in [-0.2, 0) is 0 Å². The second kappa shape index (κ2) is 23.3. The minimum atomic E-state index is 0.695. The van der Waals surface area contributed by atoms with Crippen molar-refractivity contribution in [2.24, 2.45) is 0 Å². The number of aryl methyl sites for hydroxylation is 10. The van der Waals surface area contributed by atoms with E-state index in [4.69, 9.17) is 0 Å². The molecule has 0 bridgehead atoms. The smallest absolute Gasteiger partial charge is 0.163 e. The second-order valence-electron chi connectivity index (χ2n) is 20.6. The van der Waals surface area contributed by atoms with Crippen molar-refractivity contribution in [3.63, 3.8) is 0 Å². The van der Waals surface area contributed by atoms with Crippen molar-refractivity contribution in [3.8, 4) is 112 Å². The zero-order chi connectivity index (χ0) is 57.0. The highest BCUT2D eigenvalue weighted by atomic mass is 15.0. The highest BCUT2D eigenvalue weighted by molar-refractivity contribution is 5.82. The molecule has 4 heterocycles. The fourth-order valence-electron chi connectivity index (χ4n) is 10.3. The maximum atomic E-state index is 4.58. The zero-order valence-corrected chi connectivity index (χ0v) is 47.7. The Hall–Kier alpha value is -10.2. The van der Waals surface area contributed by atoms with Gasteiger partial charge >= 0.3 is 0 Å². The Bertz CT molecular complexity index is 4300. The van der Waals surface area contributed by atoms with E-state index in [0.717, 1.165) is 141 Å². The Balaban J connectivity index is 0.000000172. The maximum absolute atomic E-state index is 4.58. The van der Waals surface area contributed by atoms with Gasteiger partial charge in [0.2, 0.25) is 0 Å². The number of hydrogen-bond acceptors (Lipinski definition) is 12. The van der Waals surface area contributed by atoms with Crippen LogP contribution in [0.2, 0.25) is 0 Å². The highest BCUT2D eigenvalue weighted by Gasteiger charge is 2.14. The lowest BCUT2D eigenvalue weighted by Crippen LogP contribution is -1.99. The summed E-state index contributed by atoms with van der Waals surface area (Å²) in [4.78, 5) is 53.8. The Kier molecular flexibility index (Phi) is 15.3. The molecule has 0 saturated heterocycles. The van der Waals surface area contributed by atoms with Crippen LogP contribution in [0, 0.1) is 69.2 Å². The first kappa shape index (κ1) is 53.8. The number of nitrogens with zero attached hydrogens (tertiary/aromatic N) is 12. The molecule has 12 heteroatoms. The molecule has 0 saturated carbocycles. The van der Waals surface area contributed by atoms with Crippen LogP contribution < -0.4 is 0 Å². The first-order valence-electron chi connectivity index (χ1n) is 27.3. The zero-order valence-electron chi connectivity index (χ0n) is 47.7. The van der Waals surface area contributed by atoms with E-state index in [1.54, 1.807) is 0 Å². The molecule has 0 aliphatic heterocycles. The molecule has 0 aliphatic rings. The second-order valence-corrected chi connectivity index (χ2v) is 20.6. The molecule has 400 valence electrons. The van der Waals surface area contributed by atoms with Gasteiger partial charge in [0, 0.05) is 22.3 Å².